The zero-order valence-corrected chi connectivity index (χ0v) is 11.6. The van der Waals surface area contributed by atoms with Crippen LogP contribution in [0.4, 0.5) is 0 Å². The van der Waals surface area contributed by atoms with Crippen LogP contribution in [0.3, 0.4) is 0 Å². The van der Waals surface area contributed by atoms with E-state index in [2.05, 4.69) is 6.92 Å². The molecule has 0 saturated carbocycles. The number of nitrogens with zero attached hydrogens (tertiary/aromatic N) is 1. The first-order valence-electron chi connectivity index (χ1n) is 6.00. The van der Waals surface area contributed by atoms with E-state index in [0.29, 0.717) is 6.61 Å². The van der Waals surface area contributed by atoms with Crippen LogP contribution in [0.5, 0.6) is 0 Å². The molecule has 0 aliphatic rings. The van der Waals surface area contributed by atoms with E-state index in [9.17, 15) is 4.57 Å². The van der Waals surface area contributed by atoms with Crippen molar-refractivity contribution < 1.29 is 23.8 Å². The highest BCUT2D eigenvalue weighted by molar-refractivity contribution is 7.51. The molecule has 0 saturated heterocycles. The van der Waals surface area contributed by atoms with E-state index in [1.54, 1.807) is 6.92 Å². The van der Waals surface area contributed by atoms with Gasteiger partial charge in [0.2, 0.25) is 0 Å². The number of aliphatic hydroxyl groups is 2. The third-order valence-corrected chi connectivity index (χ3v) is 4.26. The quantitative estimate of drug-likeness (QED) is 0.339. The van der Waals surface area contributed by atoms with E-state index in [4.69, 9.17) is 19.3 Å². The van der Waals surface area contributed by atoms with Crippen molar-refractivity contribution in [3.8, 4) is 0 Å². The van der Waals surface area contributed by atoms with E-state index in [0.717, 1.165) is 30.4 Å². The maximum absolute atomic E-state index is 12.2. The molecule has 0 spiro atoms. The van der Waals surface area contributed by atoms with E-state index < -0.39 is 21.2 Å². The molecular weight excluding hydrogens is 245 g/mol. The molecule has 7 heteroatoms. The predicted molar refractivity (Wildman–Crippen MR) is 65.3 cm³/mol. The third kappa shape index (κ3) is 6.50. The van der Waals surface area contributed by atoms with Gasteiger partial charge >= 0.3 is 7.75 Å². The van der Waals surface area contributed by atoms with Crippen molar-refractivity contribution in [1.82, 2.24) is 4.67 Å². The minimum Gasteiger partial charge on any atom is -0.380 e. The number of aliphatic hydroxyl groups excluding tert-OH is 2. The maximum Gasteiger partial charge on any atom is 0.411 e. The highest BCUT2D eigenvalue weighted by Gasteiger charge is 2.32. The number of hydrogen-bond acceptors (Lipinski definition) is 5. The Morgan fingerprint density at radius 3 is 2.18 bits per heavy atom. The fraction of sp³-hybridized carbons (Fsp3) is 1.00. The zero-order valence-electron chi connectivity index (χ0n) is 10.7. The van der Waals surface area contributed by atoms with Crippen LogP contribution < -0.4 is 0 Å². The van der Waals surface area contributed by atoms with Crippen LogP contribution in [-0.4, -0.2) is 41.6 Å². The molecule has 6 nitrogen and oxygen atoms in total. The normalized spacial score (nSPS) is 15.1. The van der Waals surface area contributed by atoms with Crippen molar-refractivity contribution in [1.29, 1.82) is 0 Å². The molecule has 0 aromatic heterocycles. The van der Waals surface area contributed by atoms with Gasteiger partial charge in [-0.05, 0) is 13.3 Å². The summed E-state index contributed by atoms with van der Waals surface area (Å²) in [5.74, 6) is 0. The van der Waals surface area contributed by atoms with Crippen LogP contribution in [-0.2, 0) is 13.6 Å². The van der Waals surface area contributed by atoms with E-state index in [1.165, 1.54) is 0 Å². The minimum atomic E-state index is -3.54. The van der Waals surface area contributed by atoms with Crippen LogP contribution in [0.15, 0.2) is 0 Å². The Bertz CT molecular complexity index is 223. The molecule has 0 heterocycles. The summed E-state index contributed by atoms with van der Waals surface area (Å²) in [6.45, 7) is 3.15. The molecule has 0 aromatic carbocycles. The topological polar surface area (TPSA) is 79.2 Å². The molecule has 2 N–H and O–H groups in total. The van der Waals surface area contributed by atoms with Crippen molar-refractivity contribution in [2.24, 2.45) is 0 Å². The summed E-state index contributed by atoms with van der Waals surface area (Å²) in [5.41, 5.74) is 0. The van der Waals surface area contributed by atoms with E-state index >= 15 is 0 Å². The van der Waals surface area contributed by atoms with Crippen LogP contribution in [0.25, 0.3) is 0 Å². The van der Waals surface area contributed by atoms with Crippen LogP contribution >= 0.6 is 7.75 Å². The summed E-state index contributed by atoms with van der Waals surface area (Å²) in [7, 11) is -3.54. The monoisotopic (exact) mass is 269 g/mol. The third-order valence-electron chi connectivity index (χ3n) is 2.22. The Labute approximate surface area is 103 Å². The molecule has 0 amide bonds. The summed E-state index contributed by atoms with van der Waals surface area (Å²) >= 11 is 0. The van der Waals surface area contributed by atoms with Crippen LogP contribution in [0.2, 0.25) is 0 Å². The predicted octanol–water partition coefficient (Wildman–Crippen LogP) is 1.93. The van der Waals surface area contributed by atoms with Crippen molar-refractivity contribution >= 4 is 7.75 Å². The second-order valence-electron chi connectivity index (χ2n) is 3.57. The van der Waals surface area contributed by atoms with E-state index in [1.807, 2.05) is 0 Å². The average molecular weight is 269 g/mol. The Morgan fingerprint density at radius 1 is 1.06 bits per heavy atom. The fourth-order valence-corrected chi connectivity index (χ4v) is 2.67. The molecule has 0 rings (SSSR count). The zero-order chi connectivity index (χ0) is 13.1. The Morgan fingerprint density at radius 2 is 1.71 bits per heavy atom. The van der Waals surface area contributed by atoms with Gasteiger partial charge in [-0.15, -0.1) is 0 Å². The molecule has 17 heavy (non-hydrogen) atoms. The molecule has 0 aromatic rings. The Kier molecular flexibility index (Phi) is 10.0. The van der Waals surface area contributed by atoms with Crippen molar-refractivity contribution in [3.05, 3.63) is 0 Å². The Balaban J connectivity index is 4.16. The number of hydrogen-bond donors (Lipinski definition) is 2. The first kappa shape index (κ1) is 17.0. The van der Waals surface area contributed by atoms with Crippen LogP contribution in [0, 0.1) is 0 Å². The molecule has 0 aliphatic heterocycles. The second-order valence-corrected chi connectivity index (χ2v) is 5.59. The van der Waals surface area contributed by atoms with Crippen molar-refractivity contribution in [3.63, 3.8) is 0 Å². The molecule has 104 valence electrons. The van der Waals surface area contributed by atoms with Crippen molar-refractivity contribution in [2.75, 3.05) is 26.7 Å². The molecule has 0 aliphatic carbocycles. The van der Waals surface area contributed by atoms with Gasteiger partial charge in [0, 0.05) is 0 Å². The molecular formula is C10H24NO5P. The Hall–Kier alpha value is 0.0300. The number of rotatable bonds is 11. The molecule has 0 radical (unpaired) electrons. The highest BCUT2D eigenvalue weighted by atomic mass is 31.2. The maximum atomic E-state index is 12.2. The summed E-state index contributed by atoms with van der Waals surface area (Å²) in [4.78, 5) is 0. The second kappa shape index (κ2) is 10.00. The molecule has 0 fully saturated rings. The average Bonchev–Trinajstić information content (AvgIpc) is 2.30. The van der Waals surface area contributed by atoms with Crippen LogP contribution in [0.1, 0.15) is 39.5 Å². The van der Waals surface area contributed by atoms with Gasteiger partial charge in [-0.2, -0.15) is 4.67 Å². The van der Waals surface area contributed by atoms with Gasteiger partial charge in [-0.1, -0.05) is 26.2 Å². The summed E-state index contributed by atoms with van der Waals surface area (Å²) in [6, 6.07) is 0. The lowest BCUT2D eigenvalue weighted by molar-refractivity contribution is 0.0515. The first-order chi connectivity index (χ1) is 8.14. The highest BCUT2D eigenvalue weighted by Crippen LogP contribution is 2.51. The van der Waals surface area contributed by atoms with Gasteiger partial charge in [0.05, 0.1) is 13.2 Å². The summed E-state index contributed by atoms with van der Waals surface area (Å²) in [6.07, 6.45) is 4.00. The standard InChI is InChI=1S/C10H24NO5P/c1-3-5-6-7-8-16-17(14,15-4-2)11(9-12)10-13/h12-13H,3-10H2,1-2H3. The first-order valence-corrected chi connectivity index (χ1v) is 7.50. The van der Waals surface area contributed by atoms with Gasteiger partial charge < -0.3 is 10.2 Å². The molecule has 0 bridgehead atoms. The summed E-state index contributed by atoms with van der Waals surface area (Å²) in [5, 5.41) is 17.9. The lowest BCUT2D eigenvalue weighted by Gasteiger charge is -2.26. The van der Waals surface area contributed by atoms with Crippen molar-refractivity contribution in [2.45, 2.75) is 39.5 Å². The van der Waals surface area contributed by atoms with Gasteiger partial charge in [-0.25, -0.2) is 4.57 Å². The summed E-state index contributed by atoms with van der Waals surface area (Å²) < 4.78 is 23.3. The lowest BCUT2D eigenvalue weighted by atomic mass is 10.2. The van der Waals surface area contributed by atoms with Gasteiger partial charge in [0.15, 0.2) is 0 Å². The minimum absolute atomic E-state index is 0.197. The molecule has 1 unspecified atom stereocenters. The largest absolute Gasteiger partial charge is 0.411 e. The smallest absolute Gasteiger partial charge is 0.380 e. The molecule has 1 atom stereocenters. The van der Waals surface area contributed by atoms with E-state index in [-0.39, 0.29) is 6.61 Å². The van der Waals surface area contributed by atoms with Gasteiger partial charge in [0.1, 0.15) is 13.5 Å². The number of unbranched alkanes of at least 4 members (excludes halogenated alkanes) is 3. The fourth-order valence-electron chi connectivity index (χ4n) is 1.27. The SMILES string of the molecule is CCCCCCOP(=O)(OCC)N(CO)CO. The van der Waals surface area contributed by atoms with Gasteiger partial charge in [0.25, 0.3) is 0 Å². The lowest BCUT2D eigenvalue weighted by Crippen LogP contribution is -2.25. The van der Waals surface area contributed by atoms with Gasteiger partial charge in [-0.3, -0.25) is 9.05 Å².